The number of aliphatic imine (C=N–C) groups is 1. The average molecular weight is 338 g/mol. The summed E-state index contributed by atoms with van der Waals surface area (Å²) >= 11 is 0. The van der Waals surface area contributed by atoms with Gasteiger partial charge in [0, 0.05) is 19.3 Å². The van der Waals surface area contributed by atoms with Crippen molar-refractivity contribution in [1.29, 1.82) is 0 Å². The predicted octanol–water partition coefficient (Wildman–Crippen LogP) is 2.65. The highest BCUT2D eigenvalue weighted by molar-refractivity contribution is 5.94. The number of guanidine groups is 1. The summed E-state index contributed by atoms with van der Waals surface area (Å²) in [5.41, 5.74) is 4.62. The molecule has 0 bridgehead atoms. The maximum atomic E-state index is 11.9. The molecule has 0 aromatic heterocycles. The molecular formula is C20H26N4O. The molecule has 0 unspecified atom stereocenters. The fourth-order valence-electron chi connectivity index (χ4n) is 2.65. The van der Waals surface area contributed by atoms with Crippen LogP contribution in [0.25, 0.3) is 0 Å². The molecule has 0 saturated carbocycles. The maximum absolute atomic E-state index is 11.9. The molecule has 0 aliphatic rings. The molecule has 2 rings (SSSR count). The lowest BCUT2D eigenvalue weighted by atomic mass is 10.1. The zero-order valence-corrected chi connectivity index (χ0v) is 15.1. The second-order valence-electron chi connectivity index (χ2n) is 6.01. The van der Waals surface area contributed by atoms with Crippen LogP contribution in [0.15, 0.2) is 53.5 Å². The van der Waals surface area contributed by atoms with E-state index in [1.807, 2.05) is 30.3 Å². The van der Waals surface area contributed by atoms with Gasteiger partial charge in [-0.1, -0.05) is 47.5 Å². The summed E-state index contributed by atoms with van der Waals surface area (Å²) in [6, 6.07) is 15.9. The summed E-state index contributed by atoms with van der Waals surface area (Å²) in [6.45, 7) is 5.13. The quantitative estimate of drug-likeness (QED) is 0.560. The van der Waals surface area contributed by atoms with Gasteiger partial charge < -0.3 is 16.0 Å². The minimum absolute atomic E-state index is 0.108. The summed E-state index contributed by atoms with van der Waals surface area (Å²) in [6.07, 6.45) is 0.902. The minimum atomic E-state index is -0.108. The van der Waals surface area contributed by atoms with E-state index in [0.29, 0.717) is 5.96 Å². The SMILES string of the molecule is CN=C(NCCc1cc(C)cc(C)c1)NCC(=O)Nc1ccccc1. The third-order valence-corrected chi connectivity index (χ3v) is 3.69. The lowest BCUT2D eigenvalue weighted by Gasteiger charge is -2.12. The van der Waals surface area contributed by atoms with Crippen LogP contribution in [0.2, 0.25) is 0 Å². The summed E-state index contributed by atoms with van der Waals surface area (Å²) in [7, 11) is 1.70. The summed E-state index contributed by atoms with van der Waals surface area (Å²) in [5, 5.41) is 9.09. The number of hydrogen-bond acceptors (Lipinski definition) is 2. The van der Waals surface area contributed by atoms with Crippen LogP contribution in [0.1, 0.15) is 16.7 Å². The van der Waals surface area contributed by atoms with Gasteiger partial charge in [-0.2, -0.15) is 0 Å². The van der Waals surface area contributed by atoms with Gasteiger partial charge in [0.05, 0.1) is 6.54 Å². The van der Waals surface area contributed by atoms with Crippen LogP contribution >= 0.6 is 0 Å². The van der Waals surface area contributed by atoms with Crippen LogP contribution < -0.4 is 16.0 Å². The zero-order chi connectivity index (χ0) is 18.1. The van der Waals surface area contributed by atoms with E-state index in [0.717, 1.165) is 18.7 Å². The highest BCUT2D eigenvalue weighted by Gasteiger charge is 2.04. The second kappa shape index (κ2) is 9.47. The Bertz CT molecular complexity index is 705. The largest absolute Gasteiger partial charge is 0.356 e. The molecule has 25 heavy (non-hydrogen) atoms. The summed E-state index contributed by atoms with van der Waals surface area (Å²) in [5.74, 6) is 0.510. The van der Waals surface area contributed by atoms with Gasteiger partial charge in [-0.15, -0.1) is 0 Å². The predicted molar refractivity (Wildman–Crippen MR) is 104 cm³/mol. The van der Waals surface area contributed by atoms with Crippen LogP contribution in [0.5, 0.6) is 0 Å². The van der Waals surface area contributed by atoms with E-state index in [2.05, 4.69) is 53.0 Å². The number of nitrogens with one attached hydrogen (secondary N) is 3. The number of amides is 1. The molecule has 1 amide bonds. The van der Waals surface area contributed by atoms with Gasteiger partial charge in [0.2, 0.25) is 5.91 Å². The van der Waals surface area contributed by atoms with Crippen molar-refractivity contribution in [2.45, 2.75) is 20.3 Å². The van der Waals surface area contributed by atoms with Crippen LogP contribution in [0.4, 0.5) is 5.69 Å². The van der Waals surface area contributed by atoms with E-state index in [4.69, 9.17) is 0 Å². The molecule has 5 nitrogen and oxygen atoms in total. The number of anilines is 1. The van der Waals surface area contributed by atoms with Crippen molar-refractivity contribution in [2.75, 3.05) is 25.5 Å². The third-order valence-electron chi connectivity index (χ3n) is 3.69. The van der Waals surface area contributed by atoms with Crippen LogP contribution in [-0.4, -0.2) is 32.0 Å². The van der Waals surface area contributed by atoms with Crippen molar-refractivity contribution in [3.63, 3.8) is 0 Å². The molecule has 0 radical (unpaired) electrons. The van der Waals surface area contributed by atoms with Crippen LogP contribution in [0, 0.1) is 13.8 Å². The van der Waals surface area contributed by atoms with E-state index in [1.165, 1.54) is 16.7 Å². The van der Waals surface area contributed by atoms with E-state index in [9.17, 15) is 4.79 Å². The first kappa shape index (κ1) is 18.5. The Hall–Kier alpha value is -2.82. The van der Waals surface area contributed by atoms with E-state index < -0.39 is 0 Å². The molecule has 0 saturated heterocycles. The first-order valence-electron chi connectivity index (χ1n) is 8.43. The standard InChI is InChI=1S/C20H26N4O/c1-15-11-16(2)13-17(12-15)9-10-22-20(21-3)23-14-19(25)24-18-7-5-4-6-8-18/h4-8,11-13H,9-10,14H2,1-3H3,(H,24,25)(H2,21,22,23). The minimum Gasteiger partial charge on any atom is -0.356 e. The van der Waals surface area contributed by atoms with Gasteiger partial charge in [-0.25, -0.2) is 0 Å². The van der Waals surface area contributed by atoms with Gasteiger partial charge in [-0.3, -0.25) is 9.79 Å². The Kier molecular flexibility index (Phi) is 7.01. The number of carbonyl (C=O) groups excluding carboxylic acids is 1. The Morgan fingerprint density at radius 3 is 2.32 bits per heavy atom. The molecule has 5 heteroatoms. The Morgan fingerprint density at radius 1 is 1.00 bits per heavy atom. The average Bonchev–Trinajstić information content (AvgIpc) is 2.58. The first-order chi connectivity index (χ1) is 12.1. The number of aryl methyl sites for hydroxylation is 2. The molecule has 3 N–H and O–H groups in total. The van der Waals surface area contributed by atoms with Crippen molar-refractivity contribution in [1.82, 2.24) is 10.6 Å². The Morgan fingerprint density at radius 2 is 1.68 bits per heavy atom. The van der Waals surface area contributed by atoms with Crippen molar-refractivity contribution >= 4 is 17.6 Å². The molecule has 2 aromatic carbocycles. The lowest BCUT2D eigenvalue weighted by molar-refractivity contribution is -0.115. The van der Waals surface area contributed by atoms with Gasteiger partial charge in [0.25, 0.3) is 0 Å². The fraction of sp³-hybridized carbons (Fsp3) is 0.300. The van der Waals surface area contributed by atoms with Gasteiger partial charge in [0.15, 0.2) is 5.96 Å². The number of carbonyl (C=O) groups is 1. The van der Waals surface area contributed by atoms with Gasteiger partial charge in [-0.05, 0) is 38.0 Å². The molecular weight excluding hydrogens is 312 g/mol. The molecule has 132 valence electrons. The number of nitrogens with zero attached hydrogens (tertiary/aromatic N) is 1. The molecule has 0 atom stereocenters. The van der Waals surface area contributed by atoms with Crippen LogP contribution in [-0.2, 0) is 11.2 Å². The molecule has 0 aliphatic heterocycles. The van der Waals surface area contributed by atoms with E-state index in [1.54, 1.807) is 7.05 Å². The number of rotatable bonds is 6. The highest BCUT2D eigenvalue weighted by atomic mass is 16.1. The third kappa shape index (κ3) is 6.67. The van der Waals surface area contributed by atoms with Gasteiger partial charge in [0.1, 0.15) is 0 Å². The number of para-hydroxylation sites is 1. The number of benzene rings is 2. The second-order valence-corrected chi connectivity index (χ2v) is 6.01. The topological polar surface area (TPSA) is 65.5 Å². The normalized spacial score (nSPS) is 11.1. The maximum Gasteiger partial charge on any atom is 0.243 e. The molecule has 0 fully saturated rings. The zero-order valence-electron chi connectivity index (χ0n) is 15.1. The Balaban J connectivity index is 1.74. The van der Waals surface area contributed by atoms with Crippen molar-refractivity contribution in [2.24, 2.45) is 4.99 Å². The van der Waals surface area contributed by atoms with E-state index >= 15 is 0 Å². The smallest absolute Gasteiger partial charge is 0.243 e. The molecule has 0 heterocycles. The lowest BCUT2D eigenvalue weighted by Crippen LogP contribution is -2.42. The monoisotopic (exact) mass is 338 g/mol. The summed E-state index contributed by atoms with van der Waals surface area (Å²) in [4.78, 5) is 16.1. The van der Waals surface area contributed by atoms with Crippen LogP contribution in [0.3, 0.4) is 0 Å². The highest BCUT2D eigenvalue weighted by Crippen LogP contribution is 2.09. The fourth-order valence-corrected chi connectivity index (χ4v) is 2.65. The molecule has 0 aliphatic carbocycles. The van der Waals surface area contributed by atoms with Crippen molar-refractivity contribution in [3.8, 4) is 0 Å². The van der Waals surface area contributed by atoms with E-state index in [-0.39, 0.29) is 12.5 Å². The molecule has 0 spiro atoms. The van der Waals surface area contributed by atoms with Gasteiger partial charge >= 0.3 is 0 Å². The molecule has 2 aromatic rings. The summed E-state index contributed by atoms with van der Waals surface area (Å²) < 4.78 is 0. The number of hydrogen-bond donors (Lipinski definition) is 3. The first-order valence-corrected chi connectivity index (χ1v) is 8.43. The van der Waals surface area contributed by atoms with Crippen molar-refractivity contribution in [3.05, 3.63) is 65.2 Å². The Labute approximate surface area is 149 Å². The van der Waals surface area contributed by atoms with Crippen molar-refractivity contribution < 1.29 is 4.79 Å².